The third kappa shape index (κ3) is 4.53. The fourth-order valence-corrected chi connectivity index (χ4v) is 2.80. The van der Waals surface area contributed by atoms with Gasteiger partial charge in [0.15, 0.2) is 0 Å². The molecule has 1 heterocycles. The Labute approximate surface area is 130 Å². The summed E-state index contributed by atoms with van der Waals surface area (Å²) in [4.78, 5) is 24.5. The van der Waals surface area contributed by atoms with Crippen molar-refractivity contribution < 1.29 is 9.72 Å². The van der Waals surface area contributed by atoms with Crippen LogP contribution in [0.2, 0.25) is 0 Å². The molecular formula is C16H23N3O3. The lowest BCUT2D eigenvalue weighted by molar-refractivity contribution is -0.384. The first-order valence-electron chi connectivity index (χ1n) is 7.82. The molecule has 1 aliphatic rings. The monoisotopic (exact) mass is 305 g/mol. The highest BCUT2D eigenvalue weighted by Crippen LogP contribution is 2.19. The lowest BCUT2D eigenvalue weighted by Crippen LogP contribution is -2.41. The van der Waals surface area contributed by atoms with E-state index in [4.69, 9.17) is 0 Å². The normalized spacial score (nSPS) is 15.8. The summed E-state index contributed by atoms with van der Waals surface area (Å²) in [5, 5.41) is 14.1. The second kappa shape index (κ2) is 7.89. The molecule has 0 atom stereocenters. The van der Waals surface area contributed by atoms with Gasteiger partial charge in [-0.05, 0) is 37.4 Å². The Balaban J connectivity index is 1.85. The number of carbonyl (C=O) groups excluding carboxylic acids is 1. The minimum absolute atomic E-state index is 0.0367. The first-order chi connectivity index (χ1) is 10.6. The fraction of sp³-hybridized carbons (Fsp3) is 0.562. The van der Waals surface area contributed by atoms with Crippen molar-refractivity contribution in [3.05, 3.63) is 39.9 Å². The zero-order chi connectivity index (χ0) is 15.9. The summed E-state index contributed by atoms with van der Waals surface area (Å²) in [6.07, 6.45) is 2.28. The van der Waals surface area contributed by atoms with Crippen molar-refractivity contribution in [3.63, 3.8) is 0 Å². The zero-order valence-corrected chi connectivity index (χ0v) is 13.0. The second-order valence-corrected chi connectivity index (χ2v) is 5.74. The number of benzene rings is 1. The average Bonchev–Trinajstić information content (AvgIpc) is 2.53. The van der Waals surface area contributed by atoms with Crippen LogP contribution in [0.5, 0.6) is 0 Å². The number of hydrogen-bond acceptors (Lipinski definition) is 4. The molecule has 0 radical (unpaired) electrons. The van der Waals surface area contributed by atoms with E-state index in [0.717, 1.165) is 39.0 Å². The lowest BCUT2D eigenvalue weighted by Gasteiger charge is -2.32. The van der Waals surface area contributed by atoms with Crippen molar-refractivity contribution in [1.29, 1.82) is 0 Å². The number of hydrogen-bond donors (Lipinski definition) is 1. The molecule has 0 saturated carbocycles. The van der Waals surface area contributed by atoms with Crippen LogP contribution in [0.4, 0.5) is 5.69 Å². The number of amides is 1. The first kappa shape index (κ1) is 16.4. The quantitative estimate of drug-likeness (QED) is 0.644. The molecule has 0 aliphatic carbocycles. The molecule has 0 bridgehead atoms. The Morgan fingerprint density at radius 2 is 2.14 bits per heavy atom. The summed E-state index contributed by atoms with van der Waals surface area (Å²) in [5.41, 5.74) is 0.739. The number of likely N-dealkylation sites (tertiary alicyclic amines) is 1. The lowest BCUT2D eigenvalue weighted by atomic mass is 9.96. The smallest absolute Gasteiger partial charge is 0.269 e. The molecule has 0 unspecified atom stereocenters. The van der Waals surface area contributed by atoms with E-state index in [1.807, 2.05) is 4.90 Å². The number of piperidine rings is 1. The van der Waals surface area contributed by atoms with Gasteiger partial charge in [0.2, 0.25) is 5.91 Å². The Morgan fingerprint density at radius 3 is 2.77 bits per heavy atom. The molecule has 6 heteroatoms. The van der Waals surface area contributed by atoms with Gasteiger partial charge in [0.05, 0.1) is 11.3 Å². The highest BCUT2D eigenvalue weighted by molar-refractivity contribution is 5.79. The largest absolute Gasteiger partial charge is 0.342 e. The number of non-ortho nitro benzene ring substituents is 1. The first-order valence-corrected chi connectivity index (χ1v) is 7.82. The Bertz CT molecular complexity index is 525. The summed E-state index contributed by atoms with van der Waals surface area (Å²) in [7, 11) is 0. The highest BCUT2D eigenvalue weighted by Gasteiger charge is 2.22. The van der Waals surface area contributed by atoms with Crippen LogP contribution in [-0.2, 0) is 11.2 Å². The SMILES string of the molecule is CCNCC1CCN(C(=O)Cc2cccc([N+](=O)[O-])c2)CC1. The molecule has 0 spiro atoms. The van der Waals surface area contributed by atoms with Crippen LogP contribution in [0, 0.1) is 16.0 Å². The Morgan fingerprint density at radius 1 is 1.41 bits per heavy atom. The van der Waals surface area contributed by atoms with Crippen molar-refractivity contribution in [2.45, 2.75) is 26.2 Å². The van der Waals surface area contributed by atoms with Gasteiger partial charge in [-0.2, -0.15) is 0 Å². The van der Waals surface area contributed by atoms with Crippen molar-refractivity contribution in [3.8, 4) is 0 Å². The molecule has 6 nitrogen and oxygen atoms in total. The minimum Gasteiger partial charge on any atom is -0.342 e. The number of nitrogens with one attached hydrogen (secondary N) is 1. The molecule has 0 aromatic heterocycles. The number of nitrogens with zero attached hydrogens (tertiary/aromatic N) is 2. The van der Waals surface area contributed by atoms with E-state index in [0.29, 0.717) is 11.5 Å². The van der Waals surface area contributed by atoms with E-state index in [2.05, 4.69) is 12.2 Å². The molecule has 1 amide bonds. The zero-order valence-electron chi connectivity index (χ0n) is 13.0. The topological polar surface area (TPSA) is 75.5 Å². The van der Waals surface area contributed by atoms with E-state index < -0.39 is 4.92 Å². The van der Waals surface area contributed by atoms with E-state index >= 15 is 0 Å². The molecule has 1 aromatic rings. The van der Waals surface area contributed by atoms with E-state index in [-0.39, 0.29) is 18.0 Å². The molecule has 1 fully saturated rings. The number of carbonyl (C=O) groups is 1. The third-order valence-electron chi connectivity index (χ3n) is 4.13. The second-order valence-electron chi connectivity index (χ2n) is 5.74. The van der Waals surface area contributed by atoms with Gasteiger partial charge in [-0.1, -0.05) is 19.1 Å². The number of rotatable bonds is 6. The minimum atomic E-state index is -0.430. The Kier molecular flexibility index (Phi) is 5.89. The van der Waals surface area contributed by atoms with Crippen LogP contribution in [0.15, 0.2) is 24.3 Å². The predicted octanol–water partition coefficient (Wildman–Crippen LogP) is 1.99. The van der Waals surface area contributed by atoms with E-state index in [9.17, 15) is 14.9 Å². The van der Waals surface area contributed by atoms with Gasteiger partial charge in [0.25, 0.3) is 5.69 Å². The number of nitro benzene ring substituents is 1. The molecular weight excluding hydrogens is 282 g/mol. The van der Waals surface area contributed by atoms with Gasteiger partial charge in [-0.25, -0.2) is 0 Å². The van der Waals surface area contributed by atoms with Gasteiger partial charge in [0, 0.05) is 25.2 Å². The van der Waals surface area contributed by atoms with Gasteiger partial charge in [0.1, 0.15) is 0 Å². The molecule has 2 rings (SSSR count). The maximum atomic E-state index is 12.3. The average molecular weight is 305 g/mol. The molecule has 1 aromatic carbocycles. The van der Waals surface area contributed by atoms with Crippen LogP contribution in [-0.4, -0.2) is 41.9 Å². The summed E-state index contributed by atoms with van der Waals surface area (Å²) in [5.74, 6) is 0.698. The molecule has 120 valence electrons. The molecule has 1 aliphatic heterocycles. The standard InChI is InChI=1S/C16H23N3O3/c1-2-17-12-13-6-8-18(9-7-13)16(20)11-14-4-3-5-15(10-14)19(21)22/h3-5,10,13,17H,2,6-9,11-12H2,1H3. The summed E-state index contributed by atoms with van der Waals surface area (Å²) < 4.78 is 0. The van der Waals surface area contributed by atoms with Gasteiger partial charge in [-0.3, -0.25) is 14.9 Å². The van der Waals surface area contributed by atoms with Crippen molar-refractivity contribution in [1.82, 2.24) is 10.2 Å². The highest BCUT2D eigenvalue weighted by atomic mass is 16.6. The molecule has 1 saturated heterocycles. The maximum Gasteiger partial charge on any atom is 0.269 e. The predicted molar refractivity (Wildman–Crippen MR) is 84.6 cm³/mol. The summed E-state index contributed by atoms with van der Waals surface area (Å²) in [6, 6.07) is 6.32. The Hall–Kier alpha value is -1.95. The summed E-state index contributed by atoms with van der Waals surface area (Å²) in [6.45, 7) is 5.65. The van der Waals surface area contributed by atoms with Crippen LogP contribution in [0.1, 0.15) is 25.3 Å². The van der Waals surface area contributed by atoms with Crippen molar-refractivity contribution >= 4 is 11.6 Å². The number of nitro groups is 1. The van der Waals surface area contributed by atoms with Crippen LogP contribution in [0.3, 0.4) is 0 Å². The van der Waals surface area contributed by atoms with Gasteiger partial charge >= 0.3 is 0 Å². The van der Waals surface area contributed by atoms with Crippen molar-refractivity contribution in [2.75, 3.05) is 26.2 Å². The van der Waals surface area contributed by atoms with E-state index in [1.54, 1.807) is 12.1 Å². The van der Waals surface area contributed by atoms with Crippen LogP contribution >= 0.6 is 0 Å². The van der Waals surface area contributed by atoms with E-state index in [1.165, 1.54) is 12.1 Å². The van der Waals surface area contributed by atoms with Crippen LogP contribution < -0.4 is 5.32 Å². The van der Waals surface area contributed by atoms with Gasteiger partial charge < -0.3 is 10.2 Å². The fourth-order valence-electron chi connectivity index (χ4n) is 2.80. The van der Waals surface area contributed by atoms with Crippen LogP contribution in [0.25, 0.3) is 0 Å². The van der Waals surface area contributed by atoms with Crippen molar-refractivity contribution in [2.24, 2.45) is 5.92 Å². The molecule has 22 heavy (non-hydrogen) atoms. The maximum absolute atomic E-state index is 12.3. The third-order valence-corrected chi connectivity index (χ3v) is 4.13. The summed E-state index contributed by atoms with van der Waals surface area (Å²) >= 11 is 0. The van der Waals surface area contributed by atoms with Gasteiger partial charge in [-0.15, -0.1) is 0 Å². The molecule has 1 N–H and O–H groups in total.